The summed E-state index contributed by atoms with van der Waals surface area (Å²) < 4.78 is 10.4. The highest BCUT2D eigenvalue weighted by atomic mass is 32.1. The van der Waals surface area contributed by atoms with E-state index in [1.807, 2.05) is 30.3 Å². The molecule has 3 heterocycles. The number of benzene rings is 1. The van der Waals surface area contributed by atoms with Gasteiger partial charge in [0.1, 0.15) is 16.5 Å². The molecule has 27 heavy (non-hydrogen) atoms. The van der Waals surface area contributed by atoms with E-state index in [2.05, 4.69) is 10.3 Å². The largest absolute Gasteiger partial charge is 0.472 e. The summed E-state index contributed by atoms with van der Waals surface area (Å²) in [5.41, 5.74) is 0.200. The highest BCUT2D eigenvalue weighted by Gasteiger charge is 2.36. The summed E-state index contributed by atoms with van der Waals surface area (Å²) in [5.74, 6) is -0.0608. The van der Waals surface area contributed by atoms with E-state index in [9.17, 15) is 9.90 Å². The molecule has 7 heteroatoms. The van der Waals surface area contributed by atoms with Gasteiger partial charge in [-0.1, -0.05) is 30.3 Å². The van der Waals surface area contributed by atoms with Crippen LogP contribution in [0.2, 0.25) is 0 Å². The van der Waals surface area contributed by atoms with Gasteiger partial charge in [-0.15, -0.1) is 11.3 Å². The van der Waals surface area contributed by atoms with Crippen LogP contribution in [-0.2, 0) is 5.60 Å². The van der Waals surface area contributed by atoms with E-state index < -0.39 is 5.60 Å². The van der Waals surface area contributed by atoms with Gasteiger partial charge in [-0.05, 0) is 18.2 Å². The Morgan fingerprint density at radius 2 is 2.00 bits per heavy atom. The summed E-state index contributed by atoms with van der Waals surface area (Å²) in [4.78, 5) is 16.9. The van der Waals surface area contributed by atoms with Gasteiger partial charge in [0.05, 0.1) is 25.3 Å². The summed E-state index contributed by atoms with van der Waals surface area (Å²) >= 11 is 1.39. The molecule has 2 N–H and O–H groups in total. The van der Waals surface area contributed by atoms with Crippen LogP contribution in [0.5, 0.6) is 0 Å². The zero-order valence-electron chi connectivity index (χ0n) is 14.2. The molecule has 136 valence electrons. The van der Waals surface area contributed by atoms with Crippen LogP contribution >= 0.6 is 11.3 Å². The minimum atomic E-state index is -1.54. The quantitative estimate of drug-likeness (QED) is 0.533. The maximum atomic E-state index is 12.5. The Bertz CT molecular complexity index is 973. The standard InChI is InChI=1S/C20H16N2O4S/c23-18(16-12-27-19(22-16)14-5-2-1-3-6-14)21-13-20(24,15-8-10-25-11-15)17-7-4-9-26-17/h1-12,24H,13H2,(H,21,23). The van der Waals surface area contributed by atoms with Crippen molar-refractivity contribution >= 4 is 17.2 Å². The number of hydrogen-bond donors (Lipinski definition) is 2. The fourth-order valence-corrected chi connectivity index (χ4v) is 3.54. The normalized spacial score (nSPS) is 13.2. The average molecular weight is 380 g/mol. The third-order valence-electron chi connectivity index (χ3n) is 4.19. The van der Waals surface area contributed by atoms with E-state index >= 15 is 0 Å². The molecule has 4 rings (SSSR count). The van der Waals surface area contributed by atoms with E-state index in [4.69, 9.17) is 8.83 Å². The molecule has 0 aliphatic heterocycles. The lowest BCUT2D eigenvalue weighted by Crippen LogP contribution is -2.41. The molecule has 0 aliphatic rings. The van der Waals surface area contributed by atoms with E-state index in [1.54, 1.807) is 23.6 Å². The zero-order chi connectivity index (χ0) is 18.7. The molecule has 0 bridgehead atoms. The van der Waals surface area contributed by atoms with Gasteiger partial charge in [-0.2, -0.15) is 0 Å². The molecule has 3 aromatic heterocycles. The molecule has 0 fully saturated rings. The molecule has 1 atom stereocenters. The van der Waals surface area contributed by atoms with Crippen molar-refractivity contribution in [2.75, 3.05) is 6.54 Å². The number of furan rings is 2. The summed E-state index contributed by atoms with van der Waals surface area (Å²) in [6.45, 7) is -0.0862. The minimum Gasteiger partial charge on any atom is -0.472 e. The van der Waals surface area contributed by atoms with Crippen LogP contribution in [0.25, 0.3) is 10.6 Å². The number of thiazole rings is 1. The van der Waals surface area contributed by atoms with Gasteiger partial charge in [-0.25, -0.2) is 4.98 Å². The number of nitrogens with zero attached hydrogens (tertiary/aromatic N) is 1. The molecule has 4 aromatic rings. The number of rotatable bonds is 6. The van der Waals surface area contributed by atoms with Crippen LogP contribution in [0.1, 0.15) is 21.8 Å². The molecule has 0 radical (unpaired) electrons. The Labute approximate surface area is 159 Å². The van der Waals surface area contributed by atoms with Crippen LogP contribution in [0.4, 0.5) is 0 Å². The van der Waals surface area contributed by atoms with Crippen molar-refractivity contribution in [1.29, 1.82) is 0 Å². The SMILES string of the molecule is O=C(NCC(O)(c1ccoc1)c1ccco1)c1csc(-c2ccccc2)n1. The topological polar surface area (TPSA) is 88.5 Å². The molecule has 0 saturated heterocycles. The maximum Gasteiger partial charge on any atom is 0.270 e. The Kier molecular flexibility index (Phi) is 4.62. The van der Waals surface area contributed by atoms with Gasteiger partial charge in [0, 0.05) is 16.5 Å². The molecule has 1 unspecified atom stereocenters. The summed E-state index contributed by atoms with van der Waals surface area (Å²) in [7, 11) is 0. The number of amides is 1. The summed E-state index contributed by atoms with van der Waals surface area (Å²) in [5, 5.41) is 16.3. The number of hydrogen-bond acceptors (Lipinski definition) is 6. The van der Waals surface area contributed by atoms with Crippen LogP contribution < -0.4 is 5.32 Å². The lowest BCUT2D eigenvalue weighted by Gasteiger charge is -2.25. The minimum absolute atomic E-state index is 0.0862. The second kappa shape index (κ2) is 7.22. The molecule has 1 amide bonds. The number of aromatic nitrogens is 1. The summed E-state index contributed by atoms with van der Waals surface area (Å²) in [6.07, 6.45) is 4.34. The lowest BCUT2D eigenvalue weighted by atomic mass is 9.93. The van der Waals surface area contributed by atoms with Crippen LogP contribution in [0, 0.1) is 0 Å². The Hall–Kier alpha value is -3.16. The van der Waals surface area contributed by atoms with Crippen LogP contribution in [0.15, 0.2) is 81.5 Å². The predicted octanol–water partition coefficient (Wildman–Crippen LogP) is 3.66. The summed E-state index contributed by atoms with van der Waals surface area (Å²) in [6, 6.07) is 14.6. The van der Waals surface area contributed by atoms with Gasteiger partial charge in [0.25, 0.3) is 5.91 Å². The Morgan fingerprint density at radius 1 is 1.15 bits per heavy atom. The molecule has 6 nitrogen and oxygen atoms in total. The van der Waals surface area contributed by atoms with Crippen molar-refractivity contribution in [2.45, 2.75) is 5.60 Å². The second-order valence-electron chi connectivity index (χ2n) is 5.94. The van der Waals surface area contributed by atoms with Crippen molar-refractivity contribution < 1.29 is 18.7 Å². The fourth-order valence-electron chi connectivity index (χ4n) is 2.74. The molecular formula is C20H16N2O4S. The first-order chi connectivity index (χ1) is 13.2. The number of carbonyl (C=O) groups excluding carboxylic acids is 1. The first-order valence-corrected chi connectivity index (χ1v) is 9.13. The average Bonchev–Trinajstić information content (AvgIpc) is 3.48. The fraction of sp³-hybridized carbons (Fsp3) is 0.100. The van der Waals surface area contributed by atoms with Gasteiger partial charge < -0.3 is 19.3 Å². The molecule has 0 aliphatic carbocycles. The molecular weight excluding hydrogens is 364 g/mol. The van der Waals surface area contributed by atoms with Crippen molar-refractivity contribution in [3.8, 4) is 10.6 Å². The van der Waals surface area contributed by atoms with Crippen molar-refractivity contribution in [3.05, 3.63) is 89.7 Å². The smallest absolute Gasteiger partial charge is 0.270 e. The van der Waals surface area contributed by atoms with Crippen LogP contribution in [0.3, 0.4) is 0 Å². The molecule has 0 spiro atoms. The lowest BCUT2D eigenvalue weighted by molar-refractivity contribution is 0.0519. The van der Waals surface area contributed by atoms with Crippen LogP contribution in [-0.4, -0.2) is 22.5 Å². The zero-order valence-corrected chi connectivity index (χ0v) is 15.0. The highest BCUT2D eigenvalue weighted by molar-refractivity contribution is 7.13. The van der Waals surface area contributed by atoms with Gasteiger partial charge in [-0.3, -0.25) is 4.79 Å². The number of nitrogens with one attached hydrogen (secondary N) is 1. The van der Waals surface area contributed by atoms with E-state index in [1.165, 1.54) is 30.1 Å². The third-order valence-corrected chi connectivity index (χ3v) is 5.08. The maximum absolute atomic E-state index is 12.5. The Morgan fingerprint density at radius 3 is 2.70 bits per heavy atom. The second-order valence-corrected chi connectivity index (χ2v) is 6.79. The van der Waals surface area contributed by atoms with Gasteiger partial charge in [0.2, 0.25) is 0 Å². The first kappa shape index (κ1) is 17.3. The Balaban J connectivity index is 1.52. The van der Waals surface area contributed by atoms with Crippen molar-refractivity contribution in [3.63, 3.8) is 0 Å². The predicted molar refractivity (Wildman–Crippen MR) is 100 cm³/mol. The number of aliphatic hydroxyl groups is 1. The van der Waals surface area contributed by atoms with E-state index in [-0.39, 0.29) is 12.5 Å². The monoisotopic (exact) mass is 380 g/mol. The highest BCUT2D eigenvalue weighted by Crippen LogP contribution is 2.30. The van der Waals surface area contributed by atoms with Gasteiger partial charge >= 0.3 is 0 Å². The third kappa shape index (κ3) is 3.42. The molecule has 0 saturated carbocycles. The van der Waals surface area contributed by atoms with Crippen molar-refractivity contribution in [1.82, 2.24) is 10.3 Å². The first-order valence-electron chi connectivity index (χ1n) is 8.25. The van der Waals surface area contributed by atoms with E-state index in [0.29, 0.717) is 17.0 Å². The van der Waals surface area contributed by atoms with E-state index in [0.717, 1.165) is 10.6 Å². The van der Waals surface area contributed by atoms with Gasteiger partial charge in [0.15, 0.2) is 5.60 Å². The van der Waals surface area contributed by atoms with Crippen molar-refractivity contribution in [2.24, 2.45) is 0 Å². The molecule has 1 aromatic carbocycles. The number of carbonyl (C=O) groups is 1.